The highest BCUT2D eigenvalue weighted by atomic mass is 79.9. The van der Waals surface area contributed by atoms with Gasteiger partial charge in [0.2, 0.25) is 0 Å². The minimum Gasteiger partial charge on any atom is -0.330 e. The number of hydrogen-bond acceptors (Lipinski definition) is 1. The second-order valence-corrected chi connectivity index (χ2v) is 4.23. The van der Waals surface area contributed by atoms with Gasteiger partial charge in [0.25, 0.3) is 0 Å². The number of halogens is 1. The van der Waals surface area contributed by atoms with E-state index < -0.39 is 0 Å². The smallest absolute Gasteiger partial charge is 0.0178 e. The van der Waals surface area contributed by atoms with Gasteiger partial charge in [-0.05, 0) is 48.6 Å². The van der Waals surface area contributed by atoms with Crippen LogP contribution in [0.1, 0.15) is 23.5 Å². The van der Waals surface area contributed by atoms with Gasteiger partial charge in [0, 0.05) is 4.47 Å². The average molecular weight is 226 g/mol. The number of aryl methyl sites for hydroxylation is 1. The van der Waals surface area contributed by atoms with Gasteiger partial charge in [-0.2, -0.15) is 0 Å². The summed E-state index contributed by atoms with van der Waals surface area (Å²) >= 11 is 3.48. The van der Waals surface area contributed by atoms with Crippen molar-refractivity contribution in [3.8, 4) is 0 Å². The molecule has 1 atom stereocenters. The van der Waals surface area contributed by atoms with Gasteiger partial charge in [0.05, 0.1) is 0 Å². The largest absolute Gasteiger partial charge is 0.330 e. The molecule has 64 valence electrons. The summed E-state index contributed by atoms with van der Waals surface area (Å²) in [5.41, 5.74) is 8.61. The molecule has 1 nitrogen and oxygen atoms in total. The lowest BCUT2D eigenvalue weighted by Crippen LogP contribution is -2.09. The van der Waals surface area contributed by atoms with E-state index in [2.05, 4.69) is 34.1 Å². The summed E-state index contributed by atoms with van der Waals surface area (Å²) < 4.78 is 1.17. The molecule has 2 heteroatoms. The molecule has 0 saturated carbocycles. The van der Waals surface area contributed by atoms with Gasteiger partial charge in [0.1, 0.15) is 0 Å². The summed E-state index contributed by atoms with van der Waals surface area (Å²) in [6.07, 6.45) is 2.42. The fourth-order valence-corrected chi connectivity index (χ4v) is 2.28. The van der Waals surface area contributed by atoms with Crippen LogP contribution in [0, 0.1) is 0 Å². The van der Waals surface area contributed by atoms with Crippen LogP contribution in [0.3, 0.4) is 0 Å². The fraction of sp³-hybridized carbons (Fsp3) is 0.400. The Balaban J connectivity index is 2.42. The molecule has 2 N–H and O–H groups in total. The summed E-state index contributed by atoms with van der Waals surface area (Å²) in [7, 11) is 0. The van der Waals surface area contributed by atoms with Gasteiger partial charge in [-0.15, -0.1) is 0 Å². The molecule has 0 aliphatic heterocycles. The molecule has 0 amide bonds. The highest BCUT2D eigenvalue weighted by Gasteiger charge is 2.20. The first-order valence-corrected chi connectivity index (χ1v) is 5.09. The molecule has 0 spiro atoms. The third-order valence-corrected chi connectivity index (χ3v) is 3.09. The van der Waals surface area contributed by atoms with Crippen molar-refractivity contribution < 1.29 is 0 Å². The normalized spacial score (nSPS) is 21.0. The van der Waals surface area contributed by atoms with E-state index >= 15 is 0 Å². The molecule has 1 aromatic carbocycles. The van der Waals surface area contributed by atoms with Crippen molar-refractivity contribution in [3.05, 3.63) is 33.8 Å². The second-order valence-electron chi connectivity index (χ2n) is 3.31. The minimum atomic E-state index is 0.595. The first-order chi connectivity index (χ1) is 5.81. The van der Waals surface area contributed by atoms with Crippen LogP contribution < -0.4 is 5.73 Å². The maximum Gasteiger partial charge on any atom is 0.0178 e. The van der Waals surface area contributed by atoms with E-state index in [9.17, 15) is 0 Å². The standard InChI is InChI=1S/C10H12BrN/c11-9-4-3-7-1-2-8(6-12)10(7)5-9/h3-5,8H,1-2,6,12H2/t8-/m0/s1. The summed E-state index contributed by atoms with van der Waals surface area (Å²) in [5.74, 6) is 0.595. The van der Waals surface area contributed by atoms with Crippen LogP contribution in [-0.4, -0.2) is 6.54 Å². The van der Waals surface area contributed by atoms with Gasteiger partial charge in [0.15, 0.2) is 0 Å². The Labute approximate surface area is 81.1 Å². The maximum absolute atomic E-state index is 5.68. The third kappa shape index (κ3) is 1.29. The van der Waals surface area contributed by atoms with E-state index in [1.54, 1.807) is 0 Å². The number of hydrogen-bond donors (Lipinski definition) is 1. The average Bonchev–Trinajstić information content (AvgIpc) is 2.46. The third-order valence-electron chi connectivity index (χ3n) is 2.59. The van der Waals surface area contributed by atoms with Crippen LogP contribution >= 0.6 is 15.9 Å². The van der Waals surface area contributed by atoms with Crippen molar-refractivity contribution in [1.82, 2.24) is 0 Å². The molecule has 12 heavy (non-hydrogen) atoms. The summed E-state index contributed by atoms with van der Waals surface area (Å²) in [5, 5.41) is 0. The quantitative estimate of drug-likeness (QED) is 0.781. The minimum absolute atomic E-state index is 0.595. The topological polar surface area (TPSA) is 26.0 Å². The summed E-state index contributed by atoms with van der Waals surface area (Å²) in [6.45, 7) is 0.781. The van der Waals surface area contributed by atoms with Gasteiger partial charge < -0.3 is 5.73 Å². The van der Waals surface area contributed by atoms with E-state index in [4.69, 9.17) is 5.73 Å². The molecular weight excluding hydrogens is 214 g/mol. The molecule has 0 unspecified atom stereocenters. The van der Waals surface area contributed by atoms with Crippen LogP contribution in [0.25, 0.3) is 0 Å². The molecule has 0 bridgehead atoms. The number of fused-ring (bicyclic) bond motifs is 1. The highest BCUT2D eigenvalue weighted by Crippen LogP contribution is 2.33. The van der Waals surface area contributed by atoms with Crippen molar-refractivity contribution >= 4 is 15.9 Å². The molecule has 0 fully saturated rings. The van der Waals surface area contributed by atoms with Crippen LogP contribution in [0.5, 0.6) is 0 Å². The van der Waals surface area contributed by atoms with Crippen molar-refractivity contribution in [2.45, 2.75) is 18.8 Å². The number of benzene rings is 1. The van der Waals surface area contributed by atoms with Crippen LogP contribution in [0.2, 0.25) is 0 Å². The van der Waals surface area contributed by atoms with Crippen molar-refractivity contribution in [3.63, 3.8) is 0 Å². The fourth-order valence-electron chi connectivity index (χ4n) is 1.90. The van der Waals surface area contributed by atoms with E-state index in [0.717, 1.165) is 6.54 Å². The molecule has 1 aromatic rings. The predicted octanol–water partition coefficient (Wildman–Crippen LogP) is 2.44. The van der Waals surface area contributed by atoms with Crippen molar-refractivity contribution in [2.75, 3.05) is 6.54 Å². The van der Waals surface area contributed by atoms with E-state index in [1.807, 2.05) is 0 Å². The Kier molecular flexibility index (Phi) is 2.20. The van der Waals surface area contributed by atoms with Gasteiger partial charge in [-0.25, -0.2) is 0 Å². The first kappa shape index (κ1) is 8.27. The monoisotopic (exact) mass is 225 g/mol. The SMILES string of the molecule is NC[C@@H]1CCc2ccc(Br)cc21. The lowest BCUT2D eigenvalue weighted by atomic mass is 10.0. The number of nitrogens with two attached hydrogens (primary N) is 1. The molecule has 2 rings (SSSR count). The van der Waals surface area contributed by atoms with E-state index in [-0.39, 0.29) is 0 Å². The van der Waals surface area contributed by atoms with Gasteiger partial charge in [-0.3, -0.25) is 0 Å². The Morgan fingerprint density at radius 2 is 2.33 bits per heavy atom. The maximum atomic E-state index is 5.68. The molecular formula is C10H12BrN. The molecule has 1 aliphatic carbocycles. The molecule has 1 aliphatic rings. The molecule has 0 heterocycles. The van der Waals surface area contributed by atoms with E-state index in [0.29, 0.717) is 5.92 Å². The molecule has 0 aromatic heterocycles. The lowest BCUT2D eigenvalue weighted by molar-refractivity contribution is 0.688. The summed E-state index contributed by atoms with van der Waals surface area (Å²) in [6, 6.07) is 6.52. The zero-order chi connectivity index (χ0) is 8.55. The summed E-state index contributed by atoms with van der Waals surface area (Å²) in [4.78, 5) is 0. The van der Waals surface area contributed by atoms with Gasteiger partial charge >= 0.3 is 0 Å². The Bertz CT molecular complexity index is 296. The van der Waals surface area contributed by atoms with Crippen molar-refractivity contribution in [1.29, 1.82) is 0 Å². The van der Waals surface area contributed by atoms with E-state index in [1.165, 1.54) is 28.4 Å². The Morgan fingerprint density at radius 3 is 3.08 bits per heavy atom. The van der Waals surface area contributed by atoms with Crippen LogP contribution in [0.15, 0.2) is 22.7 Å². The van der Waals surface area contributed by atoms with Gasteiger partial charge in [-0.1, -0.05) is 22.0 Å². The second kappa shape index (κ2) is 3.19. The predicted molar refractivity (Wildman–Crippen MR) is 54.3 cm³/mol. The van der Waals surface area contributed by atoms with Crippen LogP contribution in [-0.2, 0) is 6.42 Å². The molecule has 0 saturated heterocycles. The zero-order valence-electron chi connectivity index (χ0n) is 6.89. The molecule has 0 radical (unpaired) electrons. The first-order valence-electron chi connectivity index (χ1n) is 4.29. The van der Waals surface area contributed by atoms with Crippen molar-refractivity contribution in [2.24, 2.45) is 5.73 Å². The van der Waals surface area contributed by atoms with Crippen LogP contribution in [0.4, 0.5) is 0 Å². The lowest BCUT2D eigenvalue weighted by Gasteiger charge is -2.07. The highest BCUT2D eigenvalue weighted by molar-refractivity contribution is 9.10. The number of rotatable bonds is 1. The Hall–Kier alpha value is -0.340. The zero-order valence-corrected chi connectivity index (χ0v) is 8.47. The Morgan fingerprint density at radius 1 is 1.50 bits per heavy atom.